The first-order valence-corrected chi connectivity index (χ1v) is 6.54. The normalized spacial score (nSPS) is 11.2. The van der Waals surface area contributed by atoms with Crippen molar-refractivity contribution in [3.63, 3.8) is 0 Å². The minimum atomic E-state index is -4.42. The van der Waals surface area contributed by atoms with Gasteiger partial charge in [0.25, 0.3) is 5.91 Å². The maximum absolute atomic E-state index is 12.4. The van der Waals surface area contributed by atoms with Crippen LogP contribution in [0.25, 0.3) is 0 Å². The molecule has 0 aliphatic heterocycles. The number of carbonyl (C=O) groups excluding carboxylic acids is 1. The lowest BCUT2D eigenvalue weighted by molar-refractivity contribution is -0.137. The lowest BCUT2D eigenvalue weighted by Gasteiger charge is -2.09. The van der Waals surface area contributed by atoms with Gasteiger partial charge >= 0.3 is 6.18 Å². The second-order valence-electron chi connectivity index (χ2n) is 4.19. The van der Waals surface area contributed by atoms with Gasteiger partial charge in [-0.25, -0.2) is 0 Å². The van der Waals surface area contributed by atoms with Gasteiger partial charge in [-0.05, 0) is 42.5 Å². The number of rotatable bonds is 2. The largest absolute Gasteiger partial charge is 0.507 e. The van der Waals surface area contributed by atoms with Crippen LogP contribution in [0.15, 0.2) is 46.9 Å². The average Bonchev–Trinajstić information content (AvgIpc) is 2.38. The van der Waals surface area contributed by atoms with Gasteiger partial charge in [-0.15, -0.1) is 0 Å². The molecule has 0 bridgehead atoms. The molecule has 0 aromatic heterocycles. The second-order valence-corrected chi connectivity index (χ2v) is 5.11. The molecule has 0 aliphatic rings. The number of alkyl halides is 3. The number of aromatic hydroxyl groups is 1. The van der Waals surface area contributed by atoms with E-state index in [1.807, 2.05) is 0 Å². The molecule has 2 rings (SSSR count). The molecule has 2 aromatic rings. The summed E-state index contributed by atoms with van der Waals surface area (Å²) >= 11 is 3.14. The maximum atomic E-state index is 12.4. The Morgan fingerprint density at radius 1 is 1.10 bits per heavy atom. The summed E-state index contributed by atoms with van der Waals surface area (Å²) in [4.78, 5) is 11.9. The fraction of sp³-hybridized carbons (Fsp3) is 0.0714. The minimum absolute atomic E-state index is 0.0260. The highest BCUT2D eigenvalue weighted by molar-refractivity contribution is 9.10. The van der Waals surface area contributed by atoms with E-state index in [2.05, 4.69) is 21.2 Å². The Labute approximate surface area is 126 Å². The molecule has 0 fully saturated rings. The van der Waals surface area contributed by atoms with E-state index in [0.717, 1.165) is 24.3 Å². The lowest BCUT2D eigenvalue weighted by Crippen LogP contribution is -2.12. The van der Waals surface area contributed by atoms with Crippen molar-refractivity contribution in [3.05, 3.63) is 58.1 Å². The van der Waals surface area contributed by atoms with Gasteiger partial charge in [0, 0.05) is 10.2 Å². The molecule has 21 heavy (non-hydrogen) atoms. The van der Waals surface area contributed by atoms with Crippen LogP contribution in [0.2, 0.25) is 0 Å². The van der Waals surface area contributed by atoms with E-state index in [0.29, 0.717) is 4.47 Å². The molecule has 0 spiro atoms. The summed E-state index contributed by atoms with van der Waals surface area (Å²) in [6.45, 7) is 0. The quantitative estimate of drug-likeness (QED) is 0.833. The van der Waals surface area contributed by atoms with Crippen LogP contribution >= 0.6 is 15.9 Å². The molecule has 1 amide bonds. The molecule has 0 aliphatic carbocycles. The van der Waals surface area contributed by atoms with E-state index in [-0.39, 0.29) is 17.0 Å². The predicted molar refractivity (Wildman–Crippen MR) is 75.2 cm³/mol. The van der Waals surface area contributed by atoms with Crippen LogP contribution in [0.5, 0.6) is 5.75 Å². The molecular weight excluding hydrogens is 351 g/mol. The minimum Gasteiger partial charge on any atom is -0.507 e. The zero-order valence-corrected chi connectivity index (χ0v) is 12.0. The molecule has 3 nitrogen and oxygen atoms in total. The Hall–Kier alpha value is -2.02. The lowest BCUT2D eigenvalue weighted by atomic mass is 10.1. The topological polar surface area (TPSA) is 49.3 Å². The Balaban J connectivity index is 2.16. The molecule has 7 heteroatoms. The number of phenols is 1. The summed E-state index contributed by atoms with van der Waals surface area (Å²) in [6.07, 6.45) is -4.42. The number of anilines is 1. The van der Waals surface area contributed by atoms with Crippen molar-refractivity contribution in [2.45, 2.75) is 6.18 Å². The Morgan fingerprint density at radius 2 is 1.71 bits per heavy atom. The molecule has 110 valence electrons. The van der Waals surface area contributed by atoms with E-state index in [9.17, 15) is 23.1 Å². The monoisotopic (exact) mass is 359 g/mol. The summed E-state index contributed by atoms with van der Waals surface area (Å²) < 4.78 is 37.8. The summed E-state index contributed by atoms with van der Waals surface area (Å²) in [5, 5.41) is 12.1. The number of phenolic OH excluding ortho intramolecular Hbond substituents is 1. The van der Waals surface area contributed by atoms with Gasteiger partial charge in [-0.2, -0.15) is 13.2 Å². The van der Waals surface area contributed by atoms with Crippen molar-refractivity contribution in [3.8, 4) is 5.75 Å². The van der Waals surface area contributed by atoms with Gasteiger partial charge in [0.05, 0.1) is 11.1 Å². The summed E-state index contributed by atoms with van der Waals surface area (Å²) in [5.74, 6) is -0.839. The van der Waals surface area contributed by atoms with Crippen LogP contribution < -0.4 is 5.32 Å². The smallest absolute Gasteiger partial charge is 0.416 e. The van der Waals surface area contributed by atoms with Crippen molar-refractivity contribution < 1.29 is 23.1 Å². The maximum Gasteiger partial charge on any atom is 0.416 e. The average molecular weight is 360 g/mol. The molecule has 0 saturated carbocycles. The Kier molecular flexibility index (Phi) is 4.22. The number of halogens is 4. The third kappa shape index (κ3) is 3.75. The number of amides is 1. The zero-order chi connectivity index (χ0) is 15.6. The van der Waals surface area contributed by atoms with Gasteiger partial charge < -0.3 is 10.4 Å². The highest BCUT2D eigenvalue weighted by Crippen LogP contribution is 2.30. The molecule has 2 aromatic carbocycles. The van der Waals surface area contributed by atoms with Gasteiger partial charge in [-0.1, -0.05) is 15.9 Å². The van der Waals surface area contributed by atoms with Gasteiger partial charge in [-0.3, -0.25) is 4.79 Å². The third-order valence-corrected chi connectivity index (χ3v) is 3.17. The van der Waals surface area contributed by atoms with Crippen LogP contribution in [0.1, 0.15) is 15.9 Å². The summed E-state index contributed by atoms with van der Waals surface area (Å²) in [5.41, 5.74) is -0.569. The fourth-order valence-corrected chi connectivity index (χ4v) is 1.99. The predicted octanol–water partition coefficient (Wildman–Crippen LogP) is 4.43. The summed E-state index contributed by atoms with van der Waals surface area (Å²) in [7, 11) is 0. The highest BCUT2D eigenvalue weighted by atomic mass is 79.9. The van der Waals surface area contributed by atoms with E-state index >= 15 is 0 Å². The van der Waals surface area contributed by atoms with Crippen molar-refractivity contribution >= 4 is 27.5 Å². The van der Waals surface area contributed by atoms with E-state index < -0.39 is 17.6 Å². The molecule has 0 unspecified atom stereocenters. The summed E-state index contributed by atoms with van der Waals surface area (Å²) in [6, 6.07) is 8.36. The molecule has 2 N–H and O–H groups in total. The number of hydrogen-bond acceptors (Lipinski definition) is 2. The van der Waals surface area contributed by atoms with Crippen molar-refractivity contribution in [2.24, 2.45) is 0 Å². The highest BCUT2D eigenvalue weighted by Gasteiger charge is 2.30. The zero-order valence-electron chi connectivity index (χ0n) is 10.4. The van der Waals surface area contributed by atoms with Crippen LogP contribution in [-0.4, -0.2) is 11.0 Å². The van der Waals surface area contributed by atoms with Crippen molar-refractivity contribution in [1.29, 1.82) is 0 Å². The standard InChI is InChI=1S/C14H9BrF3NO2/c15-9-3-6-11(12(20)7-9)13(21)19-10-4-1-8(2-5-10)14(16,17)18/h1-7,20H,(H,19,21). The second kappa shape index (κ2) is 5.77. The first-order valence-electron chi connectivity index (χ1n) is 5.74. The molecular formula is C14H9BrF3NO2. The molecule has 0 radical (unpaired) electrons. The first kappa shape index (κ1) is 15.4. The third-order valence-electron chi connectivity index (χ3n) is 2.67. The fourth-order valence-electron chi connectivity index (χ4n) is 1.64. The SMILES string of the molecule is O=C(Nc1ccc(C(F)(F)F)cc1)c1ccc(Br)cc1O. The number of carbonyl (C=O) groups is 1. The molecule has 0 saturated heterocycles. The Morgan fingerprint density at radius 3 is 2.24 bits per heavy atom. The van der Waals surface area contributed by atoms with E-state index in [1.165, 1.54) is 12.1 Å². The number of nitrogens with one attached hydrogen (secondary N) is 1. The molecule has 0 heterocycles. The van der Waals surface area contributed by atoms with E-state index in [1.54, 1.807) is 6.07 Å². The van der Waals surface area contributed by atoms with Crippen molar-refractivity contribution in [1.82, 2.24) is 0 Å². The van der Waals surface area contributed by atoms with Crippen LogP contribution in [-0.2, 0) is 6.18 Å². The van der Waals surface area contributed by atoms with Gasteiger partial charge in [0.1, 0.15) is 5.75 Å². The van der Waals surface area contributed by atoms with Crippen LogP contribution in [0.3, 0.4) is 0 Å². The first-order chi connectivity index (χ1) is 9.77. The molecule has 0 atom stereocenters. The van der Waals surface area contributed by atoms with Gasteiger partial charge in [0.15, 0.2) is 0 Å². The number of hydrogen-bond donors (Lipinski definition) is 2. The Bertz CT molecular complexity index is 669. The van der Waals surface area contributed by atoms with Crippen molar-refractivity contribution in [2.75, 3.05) is 5.32 Å². The number of benzene rings is 2. The van der Waals surface area contributed by atoms with Gasteiger partial charge in [0.2, 0.25) is 0 Å². The van der Waals surface area contributed by atoms with Crippen LogP contribution in [0, 0.1) is 0 Å². The van der Waals surface area contributed by atoms with Crippen LogP contribution in [0.4, 0.5) is 18.9 Å². The van der Waals surface area contributed by atoms with E-state index in [4.69, 9.17) is 0 Å².